The standard InChI is InChI=1S/C18H20N2O2.ClH/c21-18(22)20(15-10-12-19-13-11-15)17-9-5-4-8-16(17)14-6-2-1-3-7-14;/h1-9,15,19H,10-13H2,(H,21,22);1H. The summed E-state index contributed by atoms with van der Waals surface area (Å²) in [6, 6.07) is 17.7. The number of para-hydroxylation sites is 1. The van der Waals surface area contributed by atoms with E-state index in [9.17, 15) is 9.90 Å². The molecule has 2 aromatic carbocycles. The first-order valence-electron chi connectivity index (χ1n) is 7.64. The van der Waals surface area contributed by atoms with Gasteiger partial charge < -0.3 is 10.4 Å². The molecule has 0 atom stereocenters. The Bertz CT molecular complexity index is 642. The van der Waals surface area contributed by atoms with Crippen LogP contribution in [0.5, 0.6) is 0 Å². The topological polar surface area (TPSA) is 52.6 Å². The Hall–Kier alpha value is -2.04. The Kier molecular flexibility index (Phi) is 6.02. The molecule has 0 unspecified atom stereocenters. The van der Waals surface area contributed by atoms with Crippen LogP contribution in [0.4, 0.5) is 10.5 Å². The smallest absolute Gasteiger partial charge is 0.412 e. The van der Waals surface area contributed by atoms with E-state index in [4.69, 9.17) is 0 Å². The molecule has 0 aliphatic carbocycles. The van der Waals surface area contributed by atoms with Gasteiger partial charge >= 0.3 is 6.09 Å². The molecular weight excluding hydrogens is 312 g/mol. The van der Waals surface area contributed by atoms with Gasteiger partial charge in [0.1, 0.15) is 0 Å². The quantitative estimate of drug-likeness (QED) is 0.892. The van der Waals surface area contributed by atoms with Gasteiger partial charge in [0.05, 0.1) is 5.69 Å². The molecular formula is C18H21ClN2O2. The molecule has 0 spiro atoms. The molecule has 2 aromatic rings. The summed E-state index contributed by atoms with van der Waals surface area (Å²) in [5.41, 5.74) is 2.77. The highest BCUT2D eigenvalue weighted by molar-refractivity contribution is 5.93. The first kappa shape index (κ1) is 17.3. The number of carboxylic acid groups (broad SMARTS) is 1. The molecule has 0 radical (unpaired) electrons. The van der Waals surface area contributed by atoms with Gasteiger partial charge in [-0.2, -0.15) is 0 Å². The average molecular weight is 333 g/mol. The number of nitrogens with one attached hydrogen (secondary N) is 1. The number of nitrogens with zero attached hydrogens (tertiary/aromatic N) is 1. The largest absolute Gasteiger partial charge is 0.465 e. The molecule has 3 rings (SSSR count). The number of benzene rings is 2. The molecule has 1 aliphatic heterocycles. The van der Waals surface area contributed by atoms with Crippen molar-refractivity contribution in [3.05, 3.63) is 54.6 Å². The van der Waals surface area contributed by atoms with Gasteiger partial charge in [-0.3, -0.25) is 4.90 Å². The summed E-state index contributed by atoms with van der Waals surface area (Å²) in [7, 11) is 0. The maximum atomic E-state index is 11.9. The Balaban J connectivity index is 0.00000192. The van der Waals surface area contributed by atoms with Gasteiger partial charge in [0, 0.05) is 11.6 Å². The van der Waals surface area contributed by atoms with Crippen LogP contribution in [-0.2, 0) is 0 Å². The van der Waals surface area contributed by atoms with Crippen LogP contribution in [0.3, 0.4) is 0 Å². The van der Waals surface area contributed by atoms with Crippen LogP contribution >= 0.6 is 12.4 Å². The van der Waals surface area contributed by atoms with Crippen molar-refractivity contribution in [3.8, 4) is 11.1 Å². The second kappa shape index (κ2) is 7.99. The third kappa shape index (κ3) is 3.84. The lowest BCUT2D eigenvalue weighted by molar-refractivity contribution is 0.197. The summed E-state index contributed by atoms with van der Waals surface area (Å²) in [5, 5.41) is 13.0. The van der Waals surface area contributed by atoms with Crippen LogP contribution in [0.15, 0.2) is 54.6 Å². The van der Waals surface area contributed by atoms with Crippen LogP contribution in [0.2, 0.25) is 0 Å². The van der Waals surface area contributed by atoms with Crippen LogP contribution in [0.1, 0.15) is 12.8 Å². The van der Waals surface area contributed by atoms with Gasteiger partial charge in [-0.05, 0) is 37.6 Å². The first-order chi connectivity index (χ1) is 10.8. The van der Waals surface area contributed by atoms with E-state index in [2.05, 4.69) is 5.32 Å². The van der Waals surface area contributed by atoms with Gasteiger partial charge in [-0.1, -0.05) is 48.5 Å². The van der Waals surface area contributed by atoms with Crippen molar-refractivity contribution < 1.29 is 9.90 Å². The van der Waals surface area contributed by atoms with Gasteiger partial charge in [0.15, 0.2) is 0 Å². The van der Waals surface area contributed by atoms with Gasteiger partial charge in [-0.25, -0.2) is 4.79 Å². The highest BCUT2D eigenvalue weighted by atomic mass is 35.5. The van der Waals surface area contributed by atoms with Crippen molar-refractivity contribution in [2.45, 2.75) is 18.9 Å². The molecule has 0 bridgehead atoms. The number of halogens is 1. The molecule has 0 aromatic heterocycles. The number of carbonyl (C=O) groups is 1. The first-order valence-corrected chi connectivity index (χ1v) is 7.64. The van der Waals surface area contributed by atoms with Crippen molar-refractivity contribution >= 4 is 24.2 Å². The third-order valence-electron chi connectivity index (χ3n) is 4.13. The number of anilines is 1. The maximum Gasteiger partial charge on any atom is 0.412 e. The molecule has 0 saturated carbocycles. The molecule has 23 heavy (non-hydrogen) atoms. The minimum Gasteiger partial charge on any atom is -0.465 e. The van der Waals surface area contributed by atoms with E-state index in [0.29, 0.717) is 0 Å². The molecule has 1 heterocycles. The highest BCUT2D eigenvalue weighted by Crippen LogP contribution is 2.33. The lowest BCUT2D eigenvalue weighted by Crippen LogP contribution is -2.46. The van der Waals surface area contributed by atoms with Gasteiger partial charge in [0.25, 0.3) is 0 Å². The van der Waals surface area contributed by atoms with E-state index in [0.717, 1.165) is 42.7 Å². The zero-order valence-electron chi connectivity index (χ0n) is 12.8. The summed E-state index contributed by atoms with van der Waals surface area (Å²) >= 11 is 0. The number of hydrogen-bond donors (Lipinski definition) is 2. The zero-order valence-corrected chi connectivity index (χ0v) is 13.6. The number of piperidine rings is 1. The number of rotatable bonds is 3. The van der Waals surface area contributed by atoms with Crippen LogP contribution in [0.25, 0.3) is 11.1 Å². The zero-order chi connectivity index (χ0) is 15.4. The van der Waals surface area contributed by atoms with E-state index in [1.54, 1.807) is 4.90 Å². The van der Waals surface area contributed by atoms with Crippen LogP contribution in [0, 0.1) is 0 Å². The van der Waals surface area contributed by atoms with E-state index in [1.807, 2.05) is 54.6 Å². The van der Waals surface area contributed by atoms with E-state index < -0.39 is 6.09 Å². The number of amides is 1. The lowest BCUT2D eigenvalue weighted by Gasteiger charge is -2.33. The van der Waals surface area contributed by atoms with E-state index in [-0.39, 0.29) is 18.4 Å². The van der Waals surface area contributed by atoms with Crippen molar-refractivity contribution in [2.24, 2.45) is 0 Å². The van der Waals surface area contributed by atoms with Crippen LogP contribution in [-0.4, -0.2) is 30.3 Å². The van der Waals surface area contributed by atoms with Crippen LogP contribution < -0.4 is 10.2 Å². The molecule has 2 N–H and O–H groups in total. The third-order valence-corrected chi connectivity index (χ3v) is 4.13. The highest BCUT2D eigenvalue weighted by Gasteiger charge is 2.28. The minimum atomic E-state index is -0.879. The monoisotopic (exact) mass is 332 g/mol. The van der Waals surface area contributed by atoms with Gasteiger partial charge in [-0.15, -0.1) is 12.4 Å². The SMILES string of the molecule is Cl.O=C(O)N(c1ccccc1-c1ccccc1)C1CCNCC1. The Morgan fingerprint density at radius 2 is 1.61 bits per heavy atom. The summed E-state index contributed by atoms with van der Waals surface area (Å²) in [5.74, 6) is 0. The molecule has 4 nitrogen and oxygen atoms in total. The second-order valence-corrected chi connectivity index (χ2v) is 5.52. The van der Waals surface area contributed by atoms with Crippen molar-refractivity contribution in [2.75, 3.05) is 18.0 Å². The summed E-state index contributed by atoms with van der Waals surface area (Å²) < 4.78 is 0. The van der Waals surface area contributed by atoms with Crippen molar-refractivity contribution in [3.63, 3.8) is 0 Å². The minimum absolute atomic E-state index is 0. The molecule has 5 heteroatoms. The predicted octanol–water partition coefficient (Wildman–Crippen LogP) is 4.01. The maximum absolute atomic E-state index is 11.9. The molecule has 1 saturated heterocycles. The van der Waals surface area contributed by atoms with Gasteiger partial charge in [0.2, 0.25) is 0 Å². The average Bonchev–Trinajstić information content (AvgIpc) is 2.57. The molecule has 1 amide bonds. The normalized spacial score (nSPS) is 14.8. The fraction of sp³-hybridized carbons (Fsp3) is 0.278. The molecule has 122 valence electrons. The fourth-order valence-electron chi connectivity index (χ4n) is 3.07. The fourth-order valence-corrected chi connectivity index (χ4v) is 3.07. The van der Waals surface area contributed by atoms with Crippen molar-refractivity contribution in [1.82, 2.24) is 5.32 Å². The van der Waals surface area contributed by atoms with Crippen molar-refractivity contribution in [1.29, 1.82) is 0 Å². The molecule has 1 aliphatic rings. The Morgan fingerprint density at radius 3 is 2.26 bits per heavy atom. The molecule has 1 fully saturated rings. The Labute approximate surface area is 142 Å². The van der Waals surface area contributed by atoms with E-state index >= 15 is 0 Å². The Morgan fingerprint density at radius 1 is 1.00 bits per heavy atom. The summed E-state index contributed by atoms with van der Waals surface area (Å²) in [4.78, 5) is 13.4. The number of hydrogen-bond acceptors (Lipinski definition) is 2. The van der Waals surface area contributed by atoms with E-state index in [1.165, 1.54) is 0 Å². The lowest BCUT2D eigenvalue weighted by atomic mass is 9.99. The predicted molar refractivity (Wildman–Crippen MR) is 95.5 cm³/mol. The second-order valence-electron chi connectivity index (χ2n) is 5.52. The summed E-state index contributed by atoms with van der Waals surface area (Å²) in [6.07, 6.45) is 0.806. The summed E-state index contributed by atoms with van der Waals surface area (Å²) in [6.45, 7) is 1.73.